The summed E-state index contributed by atoms with van der Waals surface area (Å²) in [4.78, 5) is 24.5. The first kappa shape index (κ1) is 11.5. The SMILES string of the molecule is C[C@@H](O)[C@@H](C(N)=O)N1CC2(C1)NCCC2=O. The van der Waals surface area contributed by atoms with E-state index >= 15 is 0 Å². The van der Waals surface area contributed by atoms with Gasteiger partial charge in [0.05, 0.1) is 6.10 Å². The van der Waals surface area contributed by atoms with Crippen molar-refractivity contribution in [1.29, 1.82) is 0 Å². The van der Waals surface area contributed by atoms with Crippen LogP contribution in [0.4, 0.5) is 0 Å². The van der Waals surface area contributed by atoms with Crippen LogP contribution in [0.1, 0.15) is 13.3 Å². The predicted molar refractivity (Wildman–Crippen MR) is 56.6 cm³/mol. The summed E-state index contributed by atoms with van der Waals surface area (Å²) in [6.45, 7) is 3.15. The number of aliphatic hydroxyl groups excluding tert-OH is 1. The van der Waals surface area contributed by atoms with Crippen LogP contribution in [0, 0.1) is 0 Å². The number of nitrogens with zero attached hydrogens (tertiary/aromatic N) is 1. The van der Waals surface area contributed by atoms with Crippen molar-refractivity contribution in [1.82, 2.24) is 10.2 Å². The molecule has 2 atom stereocenters. The number of nitrogens with one attached hydrogen (secondary N) is 1. The van der Waals surface area contributed by atoms with Gasteiger partial charge in [-0.15, -0.1) is 0 Å². The molecule has 6 heteroatoms. The minimum Gasteiger partial charge on any atom is -0.391 e. The minimum absolute atomic E-state index is 0.192. The number of hydrogen-bond donors (Lipinski definition) is 3. The van der Waals surface area contributed by atoms with Gasteiger partial charge in [0.15, 0.2) is 5.78 Å². The Hall–Kier alpha value is -0.980. The van der Waals surface area contributed by atoms with Crippen LogP contribution in [0.15, 0.2) is 0 Å². The lowest BCUT2D eigenvalue weighted by Gasteiger charge is -2.50. The number of amides is 1. The summed E-state index contributed by atoms with van der Waals surface area (Å²) >= 11 is 0. The summed E-state index contributed by atoms with van der Waals surface area (Å²) in [7, 11) is 0. The highest BCUT2D eigenvalue weighted by Crippen LogP contribution is 2.29. The molecule has 0 aromatic rings. The Kier molecular flexibility index (Phi) is 2.73. The Balaban J connectivity index is 2.01. The van der Waals surface area contributed by atoms with Crippen LogP contribution in [0.2, 0.25) is 0 Å². The fourth-order valence-corrected chi connectivity index (χ4v) is 2.61. The van der Waals surface area contributed by atoms with Gasteiger partial charge in [-0.05, 0) is 6.92 Å². The quantitative estimate of drug-likeness (QED) is 0.510. The van der Waals surface area contributed by atoms with Gasteiger partial charge in [-0.2, -0.15) is 0 Å². The molecule has 2 rings (SSSR count). The highest BCUT2D eigenvalue weighted by Gasteiger charge is 2.54. The van der Waals surface area contributed by atoms with Crippen LogP contribution in [0.5, 0.6) is 0 Å². The van der Waals surface area contributed by atoms with Crippen LogP contribution in [0.25, 0.3) is 0 Å². The second-order valence-corrected chi connectivity index (χ2v) is 4.67. The van der Waals surface area contributed by atoms with E-state index in [1.165, 1.54) is 6.92 Å². The zero-order valence-electron chi connectivity index (χ0n) is 9.27. The average Bonchev–Trinajstić information content (AvgIpc) is 2.45. The van der Waals surface area contributed by atoms with Crippen LogP contribution >= 0.6 is 0 Å². The number of carbonyl (C=O) groups is 2. The molecule has 0 saturated carbocycles. The summed E-state index contributed by atoms with van der Waals surface area (Å²) in [5.41, 5.74) is 4.74. The Labute approximate surface area is 93.8 Å². The molecule has 0 radical (unpaired) electrons. The minimum atomic E-state index is -0.814. The fourth-order valence-electron chi connectivity index (χ4n) is 2.61. The van der Waals surface area contributed by atoms with E-state index in [1.807, 2.05) is 0 Å². The van der Waals surface area contributed by atoms with E-state index in [-0.39, 0.29) is 5.78 Å². The zero-order valence-corrected chi connectivity index (χ0v) is 9.27. The van der Waals surface area contributed by atoms with Crippen molar-refractivity contribution in [2.24, 2.45) is 5.73 Å². The van der Waals surface area contributed by atoms with Crippen molar-refractivity contribution in [3.05, 3.63) is 0 Å². The summed E-state index contributed by atoms with van der Waals surface area (Å²) in [6, 6.07) is -0.694. The maximum absolute atomic E-state index is 11.6. The molecule has 0 aromatic carbocycles. The first-order valence-corrected chi connectivity index (χ1v) is 5.46. The highest BCUT2D eigenvalue weighted by atomic mass is 16.3. The van der Waals surface area contributed by atoms with E-state index in [9.17, 15) is 14.7 Å². The molecule has 0 bridgehead atoms. The molecule has 0 aliphatic carbocycles. The zero-order chi connectivity index (χ0) is 11.9. The van der Waals surface area contributed by atoms with Crippen molar-refractivity contribution in [2.45, 2.75) is 31.0 Å². The topological polar surface area (TPSA) is 95.7 Å². The van der Waals surface area contributed by atoms with Gasteiger partial charge >= 0.3 is 0 Å². The largest absolute Gasteiger partial charge is 0.391 e. The number of hydrogen-bond acceptors (Lipinski definition) is 5. The monoisotopic (exact) mass is 227 g/mol. The lowest BCUT2D eigenvalue weighted by molar-refractivity contribution is -0.140. The fraction of sp³-hybridized carbons (Fsp3) is 0.800. The maximum Gasteiger partial charge on any atom is 0.237 e. The second kappa shape index (κ2) is 3.80. The van der Waals surface area contributed by atoms with E-state index in [0.29, 0.717) is 26.1 Å². The third-order valence-corrected chi connectivity index (χ3v) is 3.44. The van der Waals surface area contributed by atoms with Crippen LogP contribution < -0.4 is 11.1 Å². The van der Waals surface area contributed by atoms with E-state index in [1.54, 1.807) is 4.90 Å². The van der Waals surface area contributed by atoms with Gasteiger partial charge in [-0.25, -0.2) is 0 Å². The first-order chi connectivity index (χ1) is 7.46. The Morgan fingerprint density at radius 2 is 2.25 bits per heavy atom. The van der Waals surface area contributed by atoms with Gasteiger partial charge in [0.25, 0.3) is 0 Å². The van der Waals surface area contributed by atoms with E-state index in [0.717, 1.165) is 0 Å². The lowest BCUT2D eigenvalue weighted by atomic mass is 9.85. The maximum atomic E-state index is 11.6. The molecule has 1 spiro atoms. The molecule has 6 nitrogen and oxygen atoms in total. The van der Waals surface area contributed by atoms with Crippen molar-refractivity contribution < 1.29 is 14.7 Å². The molecule has 4 N–H and O–H groups in total. The standard InChI is InChI=1S/C10H17N3O3/c1-6(14)8(9(11)16)13-4-10(5-13)7(15)2-3-12-10/h6,8,12,14H,2-5H2,1H3,(H2,11,16)/t6-,8+/m1/s1. The molecule has 2 saturated heterocycles. The van der Waals surface area contributed by atoms with Gasteiger partial charge in [-0.1, -0.05) is 0 Å². The molecule has 2 fully saturated rings. The van der Waals surface area contributed by atoms with E-state index < -0.39 is 23.6 Å². The summed E-state index contributed by atoms with van der Waals surface area (Å²) in [5.74, 6) is -0.354. The van der Waals surface area contributed by atoms with Crippen LogP contribution in [-0.2, 0) is 9.59 Å². The smallest absolute Gasteiger partial charge is 0.237 e. The third-order valence-electron chi connectivity index (χ3n) is 3.44. The van der Waals surface area contributed by atoms with Crippen LogP contribution in [0.3, 0.4) is 0 Å². The van der Waals surface area contributed by atoms with Gasteiger partial charge in [0, 0.05) is 26.1 Å². The summed E-state index contributed by atoms with van der Waals surface area (Å²) in [5, 5.41) is 12.6. The molecular weight excluding hydrogens is 210 g/mol. The Morgan fingerprint density at radius 1 is 1.62 bits per heavy atom. The number of nitrogens with two attached hydrogens (primary N) is 1. The number of Topliss-reactive ketones (excluding diaryl/α,β-unsaturated/α-hetero) is 1. The average molecular weight is 227 g/mol. The van der Waals surface area contributed by atoms with Gasteiger partial charge in [-0.3, -0.25) is 14.5 Å². The van der Waals surface area contributed by atoms with Crippen molar-refractivity contribution in [2.75, 3.05) is 19.6 Å². The van der Waals surface area contributed by atoms with Crippen molar-refractivity contribution in [3.8, 4) is 0 Å². The highest BCUT2D eigenvalue weighted by molar-refractivity contribution is 5.93. The number of likely N-dealkylation sites (tertiary alicyclic amines) is 1. The molecular formula is C10H17N3O3. The molecule has 90 valence electrons. The van der Waals surface area contributed by atoms with Crippen molar-refractivity contribution in [3.63, 3.8) is 0 Å². The van der Waals surface area contributed by atoms with Gasteiger partial charge in [0.1, 0.15) is 11.6 Å². The normalized spacial score (nSPS) is 27.8. The molecule has 0 aromatic heterocycles. The number of carbonyl (C=O) groups excluding carboxylic acids is 2. The van der Waals surface area contributed by atoms with Crippen LogP contribution in [-0.4, -0.2) is 59.0 Å². The number of aliphatic hydroxyl groups is 1. The number of rotatable bonds is 3. The molecule has 0 unspecified atom stereocenters. The Bertz CT molecular complexity index is 323. The number of primary amides is 1. The van der Waals surface area contributed by atoms with Crippen molar-refractivity contribution >= 4 is 11.7 Å². The molecule has 2 aliphatic heterocycles. The summed E-state index contributed by atoms with van der Waals surface area (Å²) in [6.07, 6.45) is -0.268. The Morgan fingerprint density at radius 3 is 2.62 bits per heavy atom. The predicted octanol–water partition coefficient (Wildman–Crippen LogP) is -2.16. The van der Waals surface area contributed by atoms with E-state index in [4.69, 9.17) is 5.73 Å². The molecule has 1 amide bonds. The lowest BCUT2D eigenvalue weighted by Crippen LogP contribution is -2.74. The van der Waals surface area contributed by atoms with Gasteiger partial charge in [0.2, 0.25) is 5.91 Å². The van der Waals surface area contributed by atoms with E-state index in [2.05, 4.69) is 5.32 Å². The third kappa shape index (κ3) is 1.63. The second-order valence-electron chi connectivity index (χ2n) is 4.67. The number of ketones is 1. The molecule has 16 heavy (non-hydrogen) atoms. The molecule has 2 aliphatic rings. The summed E-state index contributed by atoms with van der Waals surface area (Å²) < 4.78 is 0. The molecule has 2 heterocycles. The first-order valence-electron chi connectivity index (χ1n) is 5.46. The van der Waals surface area contributed by atoms with Gasteiger partial charge < -0.3 is 16.2 Å².